The van der Waals surface area contributed by atoms with Gasteiger partial charge in [0.1, 0.15) is 11.5 Å². The number of nitrogens with zero attached hydrogens (tertiary/aromatic N) is 2. The summed E-state index contributed by atoms with van der Waals surface area (Å²) < 4.78 is 242. The molecule has 0 fully saturated rings. The summed E-state index contributed by atoms with van der Waals surface area (Å²) in [5.41, 5.74) is -6.84. The van der Waals surface area contributed by atoms with Crippen molar-refractivity contribution in [3.05, 3.63) is 35.6 Å². The van der Waals surface area contributed by atoms with Gasteiger partial charge in [-0.3, -0.25) is 4.79 Å². The first-order valence-corrected chi connectivity index (χ1v) is 9.98. The Kier molecular flexibility index (Phi) is 7.76. The molecule has 4 nitrogen and oxygen atoms in total. The monoisotopic (exact) mass is 640 g/mol. The summed E-state index contributed by atoms with van der Waals surface area (Å²) in [5, 5.41) is 11.9. The minimum atomic E-state index is -8.80. The Morgan fingerprint density at radius 3 is 1.46 bits per heavy atom. The third kappa shape index (κ3) is 4.64. The number of aliphatic hydroxyl groups is 1. The Balaban J connectivity index is 2.62. The zero-order valence-corrected chi connectivity index (χ0v) is 19.1. The summed E-state index contributed by atoms with van der Waals surface area (Å²) in [7, 11) is 0. The van der Waals surface area contributed by atoms with Gasteiger partial charge in [0.2, 0.25) is 0 Å². The quantitative estimate of drug-likeness (QED) is 0.320. The van der Waals surface area contributed by atoms with E-state index < -0.39 is 87.8 Å². The lowest BCUT2D eigenvalue weighted by Crippen LogP contribution is -2.75. The van der Waals surface area contributed by atoms with Crippen LogP contribution in [0.1, 0.15) is 23.7 Å². The molecule has 1 aromatic rings. The van der Waals surface area contributed by atoms with Crippen molar-refractivity contribution < 1.29 is 88.9 Å². The number of hydrogen-bond donors (Lipinski definition) is 1. The highest BCUT2D eigenvalue weighted by Gasteiger charge is 2.95. The van der Waals surface area contributed by atoms with Crippen LogP contribution in [0.2, 0.25) is 0 Å². The number of rotatable bonds is 8. The van der Waals surface area contributed by atoms with Crippen molar-refractivity contribution in [3.8, 4) is 0 Å². The molecule has 1 aromatic carbocycles. The van der Waals surface area contributed by atoms with E-state index in [-0.39, 0.29) is 0 Å². The molecule has 1 N–H and O–H groups in total. The number of carbonyl (C=O) groups excluding carboxylic acids is 1. The number of hydrazone groups is 1. The van der Waals surface area contributed by atoms with Crippen LogP contribution in [0.15, 0.2) is 29.4 Å². The van der Waals surface area contributed by atoms with Gasteiger partial charge in [-0.15, -0.1) is 0 Å². The number of benzene rings is 1. The Morgan fingerprint density at radius 2 is 1.07 bits per heavy atom. The van der Waals surface area contributed by atoms with Crippen LogP contribution in [0, 0.1) is 5.82 Å². The van der Waals surface area contributed by atoms with E-state index in [1.54, 1.807) is 0 Å². The highest BCUT2D eigenvalue weighted by molar-refractivity contribution is 6.00. The molecule has 0 unspecified atom stereocenters. The number of halogens is 18. The van der Waals surface area contributed by atoms with Gasteiger partial charge < -0.3 is 5.11 Å². The fourth-order valence-electron chi connectivity index (χ4n) is 3.15. The van der Waals surface area contributed by atoms with Gasteiger partial charge in [0.25, 0.3) is 5.91 Å². The van der Waals surface area contributed by atoms with Crippen molar-refractivity contribution in [1.82, 2.24) is 5.01 Å². The molecule has 22 heteroatoms. The molecule has 0 bridgehead atoms. The Hall–Kier alpha value is -2.94. The van der Waals surface area contributed by atoms with Gasteiger partial charge in [-0.2, -0.15) is 84.7 Å². The topological polar surface area (TPSA) is 52.9 Å². The minimum Gasteiger partial charge on any atom is -0.369 e. The summed E-state index contributed by atoms with van der Waals surface area (Å²) in [5.74, 6) is -60.9. The zero-order valence-electron chi connectivity index (χ0n) is 19.1. The van der Waals surface area contributed by atoms with Gasteiger partial charge in [0, 0.05) is 12.0 Å². The van der Waals surface area contributed by atoms with Crippen molar-refractivity contribution in [2.24, 2.45) is 5.10 Å². The van der Waals surface area contributed by atoms with Crippen LogP contribution in [0.5, 0.6) is 0 Å². The molecule has 1 atom stereocenters. The maximum absolute atomic E-state index is 14.5. The predicted octanol–water partition coefficient (Wildman–Crippen LogP) is 6.75. The van der Waals surface area contributed by atoms with E-state index in [2.05, 4.69) is 5.10 Å². The van der Waals surface area contributed by atoms with Crippen LogP contribution in [-0.4, -0.2) is 75.1 Å². The highest BCUT2D eigenvalue weighted by Crippen LogP contribution is 2.64. The van der Waals surface area contributed by atoms with E-state index in [1.165, 1.54) is 0 Å². The molecule has 1 aliphatic rings. The molecule has 0 saturated carbocycles. The van der Waals surface area contributed by atoms with Gasteiger partial charge in [0.05, 0.1) is 0 Å². The average Bonchev–Trinajstić information content (AvgIpc) is 3.13. The molecule has 1 amide bonds. The fraction of sp³-hybridized carbons (Fsp3) is 0.579. The van der Waals surface area contributed by atoms with Crippen LogP contribution in [0.25, 0.3) is 0 Å². The standard InChI is InChI=1S/C19H10F18N2O2/c1-11(41)6-9(38-39(11)10(40)7-2-4-8(20)5-3-7)12(21,22)13(23,24)14(25,26)15(27,28)16(29,30)17(31,32)18(33,34)19(35,36)37/h2-5,41H,6H2,1H3/t11-/m0/s1. The van der Waals surface area contributed by atoms with Gasteiger partial charge >= 0.3 is 47.6 Å². The number of hydrogen-bond acceptors (Lipinski definition) is 3. The smallest absolute Gasteiger partial charge is 0.369 e. The molecule has 0 saturated heterocycles. The second-order valence-electron chi connectivity index (χ2n) is 8.58. The third-order valence-electron chi connectivity index (χ3n) is 5.55. The van der Waals surface area contributed by atoms with E-state index in [9.17, 15) is 88.9 Å². The number of amides is 1. The second-order valence-corrected chi connectivity index (χ2v) is 8.58. The Morgan fingerprint density at radius 1 is 0.707 bits per heavy atom. The molecule has 41 heavy (non-hydrogen) atoms. The van der Waals surface area contributed by atoms with E-state index in [0.29, 0.717) is 31.2 Å². The van der Waals surface area contributed by atoms with Crippen LogP contribution < -0.4 is 0 Å². The molecule has 1 aliphatic heterocycles. The largest absolute Gasteiger partial charge is 0.460 e. The normalized spacial score (nSPS) is 20.4. The molecule has 1 heterocycles. The molecule has 234 valence electrons. The van der Waals surface area contributed by atoms with Crippen molar-refractivity contribution in [1.29, 1.82) is 0 Å². The fourth-order valence-corrected chi connectivity index (χ4v) is 3.15. The maximum atomic E-state index is 14.5. The van der Waals surface area contributed by atoms with E-state index in [4.69, 9.17) is 0 Å². The second kappa shape index (κ2) is 9.28. The summed E-state index contributed by atoms with van der Waals surface area (Å²) in [6.45, 7) is 0.305. The lowest BCUT2D eigenvalue weighted by Gasteiger charge is -2.42. The SMILES string of the molecule is C[C@]1(O)CC(C(F)(F)C(F)(F)C(F)(F)C(F)(F)C(F)(F)C(F)(F)C(F)(F)C(F)(F)F)=NN1C(=O)c1ccc(F)cc1. The maximum Gasteiger partial charge on any atom is 0.460 e. The molecular formula is C19H10F18N2O2. The first kappa shape index (κ1) is 34.3. The van der Waals surface area contributed by atoms with E-state index >= 15 is 0 Å². The summed E-state index contributed by atoms with van der Waals surface area (Å²) in [4.78, 5) is 12.4. The molecule has 2 rings (SSSR count). The van der Waals surface area contributed by atoms with Crippen LogP contribution in [-0.2, 0) is 0 Å². The molecular weight excluding hydrogens is 630 g/mol. The average molecular weight is 640 g/mol. The van der Waals surface area contributed by atoms with Gasteiger partial charge in [0.15, 0.2) is 5.72 Å². The molecule has 0 radical (unpaired) electrons. The van der Waals surface area contributed by atoms with Crippen molar-refractivity contribution in [2.45, 2.75) is 66.7 Å². The van der Waals surface area contributed by atoms with Crippen molar-refractivity contribution >= 4 is 11.6 Å². The Bertz CT molecular complexity index is 1200. The van der Waals surface area contributed by atoms with Gasteiger partial charge in [-0.25, -0.2) is 4.39 Å². The molecule has 0 aliphatic carbocycles. The predicted molar refractivity (Wildman–Crippen MR) is 95.9 cm³/mol. The Labute approximate surface area is 214 Å². The van der Waals surface area contributed by atoms with Gasteiger partial charge in [-0.05, 0) is 31.2 Å². The highest BCUT2D eigenvalue weighted by atomic mass is 19.4. The van der Waals surface area contributed by atoms with Crippen molar-refractivity contribution in [2.75, 3.05) is 0 Å². The zero-order chi connectivity index (χ0) is 32.6. The lowest BCUT2D eigenvalue weighted by molar-refractivity contribution is -0.458. The first-order chi connectivity index (χ1) is 17.9. The summed E-state index contributed by atoms with van der Waals surface area (Å²) in [6, 6.07) is 2.27. The third-order valence-corrected chi connectivity index (χ3v) is 5.55. The lowest BCUT2D eigenvalue weighted by atomic mass is 9.87. The van der Waals surface area contributed by atoms with Crippen molar-refractivity contribution in [3.63, 3.8) is 0 Å². The number of carbonyl (C=O) groups is 1. The van der Waals surface area contributed by atoms with Crippen LogP contribution >= 0.6 is 0 Å². The van der Waals surface area contributed by atoms with E-state index in [1.807, 2.05) is 0 Å². The van der Waals surface area contributed by atoms with Gasteiger partial charge in [-0.1, -0.05) is 0 Å². The molecule has 0 aromatic heterocycles. The first-order valence-electron chi connectivity index (χ1n) is 9.98. The van der Waals surface area contributed by atoms with Crippen LogP contribution in [0.3, 0.4) is 0 Å². The molecule has 0 spiro atoms. The summed E-state index contributed by atoms with van der Waals surface area (Å²) >= 11 is 0. The van der Waals surface area contributed by atoms with Crippen LogP contribution in [0.4, 0.5) is 79.0 Å². The summed E-state index contributed by atoms with van der Waals surface area (Å²) in [6.07, 6.45) is -10.0. The minimum absolute atomic E-state index is 0.305. The van der Waals surface area contributed by atoms with E-state index in [0.717, 1.165) is 0 Å². The number of alkyl halides is 17.